The number of carbonyl (C=O) groups excluding carboxylic acids is 1. The van der Waals surface area contributed by atoms with E-state index in [1.165, 1.54) is 0 Å². The predicted molar refractivity (Wildman–Crippen MR) is 59.9 cm³/mol. The van der Waals surface area contributed by atoms with Crippen LogP contribution >= 0.6 is 11.8 Å². The summed E-state index contributed by atoms with van der Waals surface area (Å²) >= 11 is 1.55. The lowest BCUT2D eigenvalue weighted by atomic mass is 10.1. The number of carboxylic acid groups (broad SMARTS) is 1. The molecule has 1 N–H and O–H groups in total. The van der Waals surface area contributed by atoms with Gasteiger partial charge in [-0.3, -0.25) is 9.59 Å². The maximum Gasteiger partial charge on any atom is 0.303 e. The minimum absolute atomic E-state index is 0.0108. The predicted octanol–water partition coefficient (Wildman–Crippen LogP) is 1.06. The first kappa shape index (κ1) is 12.4. The maximum atomic E-state index is 11.3. The van der Waals surface area contributed by atoms with Gasteiger partial charge in [0.15, 0.2) is 0 Å². The van der Waals surface area contributed by atoms with Gasteiger partial charge < -0.3 is 10.0 Å². The third-order valence-electron chi connectivity index (χ3n) is 2.62. The summed E-state index contributed by atoms with van der Waals surface area (Å²) in [6.45, 7) is 0. The van der Waals surface area contributed by atoms with Crippen molar-refractivity contribution in [3.05, 3.63) is 0 Å². The quantitative estimate of drug-likeness (QED) is 0.742. The van der Waals surface area contributed by atoms with Crippen molar-refractivity contribution < 1.29 is 14.7 Å². The second-order valence-corrected chi connectivity index (χ2v) is 5.34. The summed E-state index contributed by atoms with van der Waals surface area (Å²) in [4.78, 5) is 23.4. The summed E-state index contributed by atoms with van der Waals surface area (Å²) in [6.07, 6.45) is 2.22. The Hall–Kier alpha value is -0.710. The van der Waals surface area contributed by atoms with Gasteiger partial charge in [-0.15, -0.1) is 0 Å². The van der Waals surface area contributed by atoms with Gasteiger partial charge in [0, 0.05) is 14.1 Å². The molecule has 1 rings (SSSR count). The van der Waals surface area contributed by atoms with Gasteiger partial charge in [0.05, 0.1) is 12.2 Å². The molecule has 0 saturated heterocycles. The Labute approximate surface area is 94.0 Å². The number of rotatable bonds is 6. The molecule has 0 spiro atoms. The average Bonchev–Trinajstić information content (AvgIpc) is 2.83. The van der Waals surface area contributed by atoms with Crippen molar-refractivity contribution in [1.29, 1.82) is 0 Å². The molecule has 0 atom stereocenters. The molecule has 1 aliphatic rings. The monoisotopic (exact) mass is 231 g/mol. The topological polar surface area (TPSA) is 57.6 Å². The van der Waals surface area contributed by atoms with Crippen LogP contribution < -0.4 is 0 Å². The Balaban J connectivity index is 2.20. The molecular weight excluding hydrogens is 214 g/mol. The van der Waals surface area contributed by atoms with E-state index in [0.29, 0.717) is 5.75 Å². The molecule has 4 nitrogen and oxygen atoms in total. The van der Waals surface area contributed by atoms with Gasteiger partial charge in [-0.1, -0.05) is 0 Å². The van der Waals surface area contributed by atoms with E-state index in [9.17, 15) is 9.59 Å². The largest absolute Gasteiger partial charge is 0.481 e. The summed E-state index contributed by atoms with van der Waals surface area (Å²) in [6, 6.07) is 0. The lowest BCUT2D eigenvalue weighted by Crippen LogP contribution is -2.24. The van der Waals surface area contributed by atoms with Crippen molar-refractivity contribution in [2.45, 2.75) is 19.3 Å². The Morgan fingerprint density at radius 3 is 2.40 bits per heavy atom. The lowest BCUT2D eigenvalue weighted by Gasteiger charge is -2.13. The molecule has 0 aromatic heterocycles. The molecular formula is C10H17NO3S. The van der Waals surface area contributed by atoms with Gasteiger partial charge in [-0.05, 0) is 24.0 Å². The first-order valence-corrected chi connectivity index (χ1v) is 6.10. The fraction of sp³-hybridized carbons (Fsp3) is 0.800. The van der Waals surface area contributed by atoms with Gasteiger partial charge >= 0.3 is 5.97 Å². The Morgan fingerprint density at radius 2 is 2.00 bits per heavy atom. The molecule has 0 unspecified atom stereocenters. The van der Waals surface area contributed by atoms with Crippen molar-refractivity contribution in [1.82, 2.24) is 4.90 Å². The van der Waals surface area contributed by atoms with Crippen LogP contribution in [0.2, 0.25) is 0 Å². The number of carbonyl (C=O) groups is 2. The third-order valence-corrected chi connectivity index (χ3v) is 3.88. The summed E-state index contributed by atoms with van der Waals surface area (Å²) in [5.74, 6) is 0.603. The number of hydrogen-bond donors (Lipinski definition) is 1. The van der Waals surface area contributed by atoms with Crippen molar-refractivity contribution in [2.75, 3.05) is 25.6 Å². The van der Waals surface area contributed by atoms with E-state index in [4.69, 9.17) is 5.11 Å². The highest BCUT2D eigenvalue weighted by Gasteiger charge is 2.44. The van der Waals surface area contributed by atoms with E-state index in [1.807, 2.05) is 0 Å². The third kappa shape index (κ3) is 4.11. The zero-order valence-corrected chi connectivity index (χ0v) is 9.97. The van der Waals surface area contributed by atoms with Crippen LogP contribution in [0, 0.1) is 5.41 Å². The second kappa shape index (κ2) is 4.88. The van der Waals surface area contributed by atoms with Crippen LogP contribution in [-0.2, 0) is 9.59 Å². The number of hydrogen-bond acceptors (Lipinski definition) is 3. The zero-order chi connectivity index (χ0) is 11.5. The Kier molecular flexibility index (Phi) is 4.02. The number of aliphatic carboxylic acids is 1. The lowest BCUT2D eigenvalue weighted by molar-refractivity contribution is -0.138. The van der Waals surface area contributed by atoms with Crippen LogP contribution in [0.3, 0.4) is 0 Å². The van der Waals surface area contributed by atoms with Gasteiger partial charge in [-0.25, -0.2) is 0 Å². The molecule has 86 valence electrons. The van der Waals surface area contributed by atoms with Crippen LogP contribution in [0.1, 0.15) is 19.3 Å². The minimum atomic E-state index is -0.730. The first-order chi connectivity index (χ1) is 6.95. The first-order valence-electron chi connectivity index (χ1n) is 4.95. The van der Waals surface area contributed by atoms with Gasteiger partial charge in [0.2, 0.25) is 5.91 Å². The van der Waals surface area contributed by atoms with Crippen LogP contribution in [0.15, 0.2) is 0 Å². The standard InChI is InChI=1S/C10H17NO3S/c1-11(2)8(12)6-15-7-10(3-4-10)5-9(13)14/h3-7H2,1-2H3,(H,13,14). The smallest absolute Gasteiger partial charge is 0.303 e. The number of carboxylic acids is 1. The van der Waals surface area contributed by atoms with Crippen molar-refractivity contribution >= 4 is 23.6 Å². The fourth-order valence-electron chi connectivity index (χ4n) is 1.35. The fourth-order valence-corrected chi connectivity index (χ4v) is 2.71. The minimum Gasteiger partial charge on any atom is -0.481 e. The van der Waals surface area contributed by atoms with Crippen molar-refractivity contribution in [3.63, 3.8) is 0 Å². The molecule has 0 aliphatic heterocycles. The molecule has 0 heterocycles. The molecule has 0 bridgehead atoms. The average molecular weight is 231 g/mol. The maximum absolute atomic E-state index is 11.3. The highest BCUT2D eigenvalue weighted by molar-refractivity contribution is 7.99. The highest BCUT2D eigenvalue weighted by Crippen LogP contribution is 2.50. The summed E-state index contributed by atoms with van der Waals surface area (Å²) in [5.41, 5.74) is -0.0108. The normalized spacial score (nSPS) is 17.2. The van der Waals surface area contributed by atoms with Crippen molar-refractivity contribution in [2.24, 2.45) is 5.41 Å². The number of thioether (sulfide) groups is 1. The van der Waals surface area contributed by atoms with E-state index in [2.05, 4.69) is 0 Å². The highest BCUT2D eigenvalue weighted by atomic mass is 32.2. The number of nitrogens with zero attached hydrogens (tertiary/aromatic N) is 1. The Bertz CT molecular complexity index is 261. The molecule has 1 fully saturated rings. The molecule has 15 heavy (non-hydrogen) atoms. The van der Waals surface area contributed by atoms with Crippen LogP contribution in [0.4, 0.5) is 0 Å². The number of amides is 1. The summed E-state index contributed by atoms with van der Waals surface area (Å²) in [5, 5.41) is 8.70. The molecule has 1 saturated carbocycles. The molecule has 1 aliphatic carbocycles. The molecule has 0 radical (unpaired) electrons. The summed E-state index contributed by atoms with van der Waals surface area (Å²) in [7, 11) is 3.46. The molecule has 0 aromatic rings. The molecule has 5 heteroatoms. The van der Waals surface area contributed by atoms with Crippen LogP contribution in [0.5, 0.6) is 0 Å². The molecule has 1 amide bonds. The SMILES string of the molecule is CN(C)C(=O)CSCC1(CC(=O)O)CC1. The van der Waals surface area contributed by atoms with Gasteiger partial charge in [0.25, 0.3) is 0 Å². The van der Waals surface area contributed by atoms with E-state index in [1.54, 1.807) is 30.8 Å². The molecule has 0 aromatic carbocycles. The Morgan fingerprint density at radius 1 is 1.40 bits per heavy atom. The van der Waals surface area contributed by atoms with E-state index in [-0.39, 0.29) is 17.7 Å². The van der Waals surface area contributed by atoms with E-state index >= 15 is 0 Å². The van der Waals surface area contributed by atoms with Crippen molar-refractivity contribution in [3.8, 4) is 0 Å². The van der Waals surface area contributed by atoms with Crippen LogP contribution in [-0.4, -0.2) is 47.5 Å². The van der Waals surface area contributed by atoms with Crippen LogP contribution in [0.25, 0.3) is 0 Å². The van der Waals surface area contributed by atoms with Gasteiger partial charge in [0.1, 0.15) is 0 Å². The van der Waals surface area contributed by atoms with E-state index in [0.717, 1.165) is 18.6 Å². The summed E-state index contributed by atoms with van der Waals surface area (Å²) < 4.78 is 0. The van der Waals surface area contributed by atoms with E-state index < -0.39 is 5.97 Å². The zero-order valence-electron chi connectivity index (χ0n) is 9.15. The van der Waals surface area contributed by atoms with Gasteiger partial charge in [-0.2, -0.15) is 11.8 Å². The second-order valence-electron chi connectivity index (χ2n) is 4.35.